The standard InChI is InChI=1S/C20H22N4O4S/c1-29(26,27)24(15-18(25)22-11-13-28-14-12-22)20-19(16-7-3-2-4-8-16)21-17-9-5-6-10-23(17)20/h2-10H,11-15H2,1H3. The van der Waals surface area contributed by atoms with Gasteiger partial charge < -0.3 is 9.64 Å². The van der Waals surface area contributed by atoms with Gasteiger partial charge in [0.2, 0.25) is 15.9 Å². The third-order valence-electron chi connectivity index (χ3n) is 4.83. The van der Waals surface area contributed by atoms with Gasteiger partial charge in [0.05, 0.1) is 19.5 Å². The number of rotatable bonds is 5. The third-order valence-corrected chi connectivity index (χ3v) is 5.93. The number of pyridine rings is 1. The highest BCUT2D eigenvalue weighted by atomic mass is 32.2. The fraction of sp³-hybridized carbons (Fsp3) is 0.300. The Morgan fingerprint density at radius 1 is 1.10 bits per heavy atom. The van der Waals surface area contributed by atoms with Crippen LogP contribution in [0.5, 0.6) is 0 Å². The van der Waals surface area contributed by atoms with Crippen molar-refractivity contribution in [3.05, 3.63) is 54.7 Å². The van der Waals surface area contributed by atoms with E-state index in [-0.39, 0.29) is 12.5 Å². The Kier molecular flexibility index (Phi) is 5.25. The first-order valence-corrected chi connectivity index (χ1v) is 11.2. The van der Waals surface area contributed by atoms with Crippen molar-refractivity contribution < 1.29 is 17.9 Å². The highest BCUT2D eigenvalue weighted by molar-refractivity contribution is 7.92. The summed E-state index contributed by atoms with van der Waals surface area (Å²) in [5.41, 5.74) is 1.89. The molecule has 0 bridgehead atoms. The van der Waals surface area contributed by atoms with Crippen LogP contribution < -0.4 is 4.31 Å². The Bertz CT molecular complexity index is 1120. The van der Waals surface area contributed by atoms with Crippen LogP contribution in [0.15, 0.2) is 54.7 Å². The normalized spacial score (nSPS) is 14.9. The Morgan fingerprint density at radius 2 is 1.79 bits per heavy atom. The first kappa shape index (κ1) is 19.4. The molecule has 4 rings (SSSR count). The van der Waals surface area contributed by atoms with E-state index >= 15 is 0 Å². The lowest BCUT2D eigenvalue weighted by Crippen LogP contribution is -2.47. The van der Waals surface area contributed by atoms with E-state index in [4.69, 9.17) is 4.74 Å². The lowest BCUT2D eigenvalue weighted by molar-refractivity contribution is -0.133. The zero-order valence-electron chi connectivity index (χ0n) is 16.1. The summed E-state index contributed by atoms with van der Waals surface area (Å²) < 4.78 is 33.7. The SMILES string of the molecule is CS(=O)(=O)N(CC(=O)N1CCOCC1)c1c(-c2ccccc2)nc2ccccn12. The van der Waals surface area contributed by atoms with Crippen LogP contribution in [-0.4, -0.2) is 67.7 Å². The summed E-state index contributed by atoms with van der Waals surface area (Å²) in [6.07, 6.45) is 2.86. The first-order valence-electron chi connectivity index (χ1n) is 9.31. The Labute approximate surface area is 169 Å². The summed E-state index contributed by atoms with van der Waals surface area (Å²) in [5.74, 6) is 0.0968. The second kappa shape index (κ2) is 7.84. The number of hydrogen-bond acceptors (Lipinski definition) is 5. The molecule has 1 aromatic carbocycles. The fourth-order valence-corrected chi connectivity index (χ4v) is 4.23. The number of carbonyl (C=O) groups excluding carboxylic acids is 1. The number of amides is 1. The number of imidazole rings is 1. The molecule has 1 fully saturated rings. The molecule has 1 amide bonds. The van der Waals surface area contributed by atoms with Crippen LogP contribution in [0.4, 0.5) is 5.82 Å². The molecule has 0 radical (unpaired) electrons. The zero-order chi connectivity index (χ0) is 20.4. The van der Waals surface area contributed by atoms with Crippen molar-refractivity contribution in [2.24, 2.45) is 0 Å². The zero-order valence-corrected chi connectivity index (χ0v) is 16.9. The molecule has 8 nitrogen and oxygen atoms in total. The number of carbonyl (C=O) groups is 1. The number of benzene rings is 1. The fourth-order valence-electron chi connectivity index (χ4n) is 3.40. The molecule has 0 N–H and O–H groups in total. The van der Waals surface area contributed by atoms with Crippen LogP contribution in [0.2, 0.25) is 0 Å². The van der Waals surface area contributed by atoms with Gasteiger partial charge in [0.25, 0.3) is 0 Å². The number of fused-ring (bicyclic) bond motifs is 1. The van der Waals surface area contributed by atoms with Crippen LogP contribution in [-0.2, 0) is 19.6 Å². The molecule has 1 aliphatic heterocycles. The van der Waals surface area contributed by atoms with Crippen molar-refractivity contribution in [3.8, 4) is 11.3 Å². The monoisotopic (exact) mass is 414 g/mol. The molecule has 9 heteroatoms. The number of hydrogen-bond donors (Lipinski definition) is 0. The average Bonchev–Trinajstić information content (AvgIpc) is 3.11. The molecule has 0 spiro atoms. The van der Waals surface area contributed by atoms with E-state index in [1.54, 1.807) is 27.6 Å². The number of nitrogens with zero attached hydrogens (tertiary/aromatic N) is 4. The van der Waals surface area contributed by atoms with Gasteiger partial charge in [0.15, 0.2) is 5.82 Å². The summed E-state index contributed by atoms with van der Waals surface area (Å²) in [4.78, 5) is 19.1. The van der Waals surface area contributed by atoms with Crippen molar-refractivity contribution >= 4 is 27.4 Å². The Hall–Kier alpha value is -2.91. The molecule has 0 aliphatic carbocycles. The molecular formula is C20H22N4O4S. The van der Waals surface area contributed by atoms with E-state index in [2.05, 4.69) is 4.98 Å². The van der Waals surface area contributed by atoms with Gasteiger partial charge >= 0.3 is 0 Å². The highest BCUT2D eigenvalue weighted by Gasteiger charge is 2.30. The highest BCUT2D eigenvalue weighted by Crippen LogP contribution is 2.33. The lowest BCUT2D eigenvalue weighted by Gasteiger charge is -2.30. The summed E-state index contributed by atoms with van der Waals surface area (Å²) in [6.45, 7) is 1.52. The summed E-state index contributed by atoms with van der Waals surface area (Å²) in [7, 11) is -3.75. The Morgan fingerprint density at radius 3 is 2.48 bits per heavy atom. The summed E-state index contributed by atoms with van der Waals surface area (Å²) in [6, 6.07) is 14.8. The minimum absolute atomic E-state index is 0.261. The van der Waals surface area contributed by atoms with Crippen LogP contribution >= 0.6 is 0 Å². The molecule has 0 unspecified atom stereocenters. The van der Waals surface area contributed by atoms with E-state index in [0.717, 1.165) is 16.1 Å². The van der Waals surface area contributed by atoms with E-state index in [0.29, 0.717) is 43.5 Å². The predicted octanol–water partition coefficient (Wildman–Crippen LogP) is 1.63. The molecular weight excluding hydrogens is 392 g/mol. The smallest absolute Gasteiger partial charge is 0.243 e. The van der Waals surface area contributed by atoms with Gasteiger partial charge in [0, 0.05) is 24.8 Å². The van der Waals surface area contributed by atoms with Gasteiger partial charge in [-0.15, -0.1) is 0 Å². The van der Waals surface area contributed by atoms with Crippen molar-refractivity contribution in [1.29, 1.82) is 0 Å². The lowest BCUT2D eigenvalue weighted by atomic mass is 10.1. The van der Waals surface area contributed by atoms with Crippen LogP contribution in [0.25, 0.3) is 16.9 Å². The maximum absolute atomic E-state index is 12.9. The maximum Gasteiger partial charge on any atom is 0.243 e. The molecule has 1 saturated heterocycles. The molecule has 152 valence electrons. The molecule has 3 aromatic rings. The van der Waals surface area contributed by atoms with Crippen molar-refractivity contribution in [2.45, 2.75) is 0 Å². The third kappa shape index (κ3) is 3.96. The van der Waals surface area contributed by atoms with E-state index < -0.39 is 10.0 Å². The quantitative estimate of drug-likeness (QED) is 0.634. The van der Waals surface area contributed by atoms with Crippen LogP contribution in [0.3, 0.4) is 0 Å². The second-order valence-electron chi connectivity index (χ2n) is 6.84. The number of aromatic nitrogens is 2. The van der Waals surface area contributed by atoms with Crippen molar-refractivity contribution in [3.63, 3.8) is 0 Å². The minimum Gasteiger partial charge on any atom is -0.378 e. The number of ether oxygens (including phenoxy) is 1. The van der Waals surface area contributed by atoms with Gasteiger partial charge in [-0.05, 0) is 12.1 Å². The van der Waals surface area contributed by atoms with E-state index in [1.807, 2.05) is 36.4 Å². The first-order chi connectivity index (χ1) is 13.9. The van der Waals surface area contributed by atoms with Crippen LogP contribution in [0.1, 0.15) is 0 Å². The molecule has 1 aliphatic rings. The predicted molar refractivity (Wildman–Crippen MR) is 110 cm³/mol. The van der Waals surface area contributed by atoms with Crippen molar-refractivity contribution in [2.75, 3.05) is 43.4 Å². The van der Waals surface area contributed by atoms with Crippen molar-refractivity contribution in [1.82, 2.24) is 14.3 Å². The Balaban J connectivity index is 1.83. The molecule has 3 heterocycles. The number of sulfonamides is 1. The van der Waals surface area contributed by atoms with Gasteiger partial charge in [-0.3, -0.25) is 9.20 Å². The summed E-state index contributed by atoms with van der Waals surface area (Å²) >= 11 is 0. The summed E-state index contributed by atoms with van der Waals surface area (Å²) in [5, 5.41) is 0. The van der Waals surface area contributed by atoms with Gasteiger partial charge in [-0.2, -0.15) is 0 Å². The van der Waals surface area contributed by atoms with Crippen LogP contribution in [0, 0.1) is 0 Å². The largest absolute Gasteiger partial charge is 0.378 e. The number of anilines is 1. The second-order valence-corrected chi connectivity index (χ2v) is 8.75. The van der Waals surface area contributed by atoms with Gasteiger partial charge in [0.1, 0.15) is 17.9 Å². The van der Waals surface area contributed by atoms with Gasteiger partial charge in [-0.1, -0.05) is 36.4 Å². The molecule has 0 saturated carbocycles. The molecule has 2 aromatic heterocycles. The van der Waals surface area contributed by atoms with E-state index in [9.17, 15) is 13.2 Å². The van der Waals surface area contributed by atoms with Gasteiger partial charge in [-0.25, -0.2) is 17.7 Å². The van der Waals surface area contributed by atoms with E-state index in [1.165, 1.54) is 0 Å². The molecule has 0 atom stereocenters. The average molecular weight is 414 g/mol. The minimum atomic E-state index is -3.75. The topological polar surface area (TPSA) is 84.2 Å². The number of morpholine rings is 1. The molecule has 29 heavy (non-hydrogen) atoms. The maximum atomic E-state index is 12.9.